The number of rotatable bonds is 5. The molecule has 27 heavy (non-hydrogen) atoms. The van der Waals surface area contributed by atoms with Crippen molar-refractivity contribution in [2.75, 3.05) is 31.6 Å². The molecule has 0 spiro atoms. The van der Waals surface area contributed by atoms with Gasteiger partial charge in [0.25, 0.3) is 0 Å². The molecule has 1 atom stereocenters. The van der Waals surface area contributed by atoms with E-state index in [1.165, 1.54) is 11.9 Å². The summed E-state index contributed by atoms with van der Waals surface area (Å²) in [5, 5.41) is 3.38. The minimum Gasteiger partial charge on any atom is -0.374 e. The second-order valence-electron chi connectivity index (χ2n) is 6.88. The molecule has 0 radical (unpaired) electrons. The fourth-order valence-corrected chi connectivity index (χ4v) is 3.27. The molecule has 0 unspecified atom stereocenters. The summed E-state index contributed by atoms with van der Waals surface area (Å²) in [6.07, 6.45) is 1.63. The van der Waals surface area contributed by atoms with Gasteiger partial charge in [-0.3, -0.25) is 4.90 Å². The molecule has 1 aromatic carbocycles. The van der Waals surface area contributed by atoms with E-state index in [0.29, 0.717) is 23.5 Å². The highest BCUT2D eigenvalue weighted by Gasteiger charge is 2.21. The van der Waals surface area contributed by atoms with Crippen LogP contribution < -0.4 is 5.32 Å². The first kappa shape index (κ1) is 17.8. The van der Waals surface area contributed by atoms with Gasteiger partial charge in [0.05, 0.1) is 24.1 Å². The highest BCUT2D eigenvalue weighted by atomic mass is 16.5. The standard InChI is InChI=1S/C20H24N6O/c1-14-15(2)25-20-18(24-14)19(22-13-23-20)21-10-17-12-26(8-9-27-17)11-16-6-4-3-5-7-16/h3-7,13,17H,8-12H2,1-2H3,(H,21,22,23,25)/t17-/m1/s1. The Labute approximate surface area is 158 Å². The Morgan fingerprint density at radius 1 is 1.11 bits per heavy atom. The Balaban J connectivity index is 1.41. The average molecular weight is 364 g/mol. The third-order valence-electron chi connectivity index (χ3n) is 4.85. The lowest BCUT2D eigenvalue weighted by molar-refractivity contribution is -0.0240. The maximum Gasteiger partial charge on any atom is 0.183 e. The van der Waals surface area contributed by atoms with E-state index in [4.69, 9.17) is 4.74 Å². The Hall–Kier alpha value is -2.64. The molecule has 0 bridgehead atoms. The minimum absolute atomic E-state index is 0.104. The van der Waals surface area contributed by atoms with Gasteiger partial charge in [-0.05, 0) is 19.4 Å². The van der Waals surface area contributed by atoms with Crippen LogP contribution in [0.5, 0.6) is 0 Å². The Bertz CT molecular complexity index is 917. The molecule has 3 heterocycles. The van der Waals surface area contributed by atoms with Gasteiger partial charge in [0.1, 0.15) is 6.33 Å². The fraction of sp³-hybridized carbons (Fsp3) is 0.400. The summed E-state index contributed by atoms with van der Waals surface area (Å²) in [4.78, 5) is 20.1. The summed E-state index contributed by atoms with van der Waals surface area (Å²) in [5.74, 6) is 0.708. The molecular weight excluding hydrogens is 340 g/mol. The largest absolute Gasteiger partial charge is 0.374 e. The summed E-state index contributed by atoms with van der Waals surface area (Å²) in [5.41, 5.74) is 4.43. The molecule has 0 amide bonds. The van der Waals surface area contributed by atoms with Crippen molar-refractivity contribution in [3.8, 4) is 0 Å². The first-order valence-corrected chi connectivity index (χ1v) is 9.27. The fourth-order valence-electron chi connectivity index (χ4n) is 3.27. The molecule has 1 aliphatic rings. The van der Waals surface area contributed by atoms with Crippen LogP contribution >= 0.6 is 0 Å². The maximum absolute atomic E-state index is 5.94. The van der Waals surface area contributed by atoms with Gasteiger partial charge in [-0.25, -0.2) is 19.9 Å². The van der Waals surface area contributed by atoms with Crippen LogP contribution in [0.2, 0.25) is 0 Å². The third-order valence-corrected chi connectivity index (χ3v) is 4.85. The number of benzene rings is 1. The molecule has 1 aliphatic heterocycles. The second-order valence-corrected chi connectivity index (χ2v) is 6.88. The van der Waals surface area contributed by atoms with E-state index in [9.17, 15) is 0 Å². The van der Waals surface area contributed by atoms with Gasteiger partial charge in [-0.1, -0.05) is 30.3 Å². The lowest BCUT2D eigenvalue weighted by Gasteiger charge is -2.33. The molecule has 7 heteroatoms. The first-order chi connectivity index (χ1) is 13.2. The van der Waals surface area contributed by atoms with Crippen molar-refractivity contribution in [1.82, 2.24) is 24.8 Å². The summed E-state index contributed by atoms with van der Waals surface area (Å²) < 4.78 is 5.94. The predicted octanol–water partition coefficient (Wildman–Crippen LogP) is 2.35. The molecule has 0 aliphatic carbocycles. The molecule has 3 aromatic rings. The summed E-state index contributed by atoms with van der Waals surface area (Å²) >= 11 is 0. The summed E-state index contributed by atoms with van der Waals surface area (Å²) in [6.45, 7) is 8.08. The Kier molecular flexibility index (Phi) is 5.22. The molecule has 140 valence electrons. The van der Waals surface area contributed by atoms with Gasteiger partial charge in [0.2, 0.25) is 0 Å². The van der Waals surface area contributed by atoms with Gasteiger partial charge >= 0.3 is 0 Å². The van der Waals surface area contributed by atoms with Gasteiger partial charge in [0, 0.05) is 26.2 Å². The van der Waals surface area contributed by atoms with Crippen molar-refractivity contribution in [1.29, 1.82) is 0 Å². The van der Waals surface area contributed by atoms with Crippen LogP contribution in [0.25, 0.3) is 11.2 Å². The quantitative estimate of drug-likeness (QED) is 0.745. The number of anilines is 1. The zero-order chi connectivity index (χ0) is 18.6. The number of hydrogen-bond acceptors (Lipinski definition) is 7. The molecule has 4 rings (SSSR count). The molecule has 1 saturated heterocycles. The van der Waals surface area contributed by atoms with Crippen LogP contribution in [0.4, 0.5) is 5.82 Å². The van der Waals surface area contributed by atoms with E-state index < -0.39 is 0 Å². The van der Waals surface area contributed by atoms with E-state index in [1.807, 2.05) is 19.9 Å². The van der Waals surface area contributed by atoms with Crippen LogP contribution in [0, 0.1) is 13.8 Å². The second kappa shape index (κ2) is 7.94. The topological polar surface area (TPSA) is 76.1 Å². The molecular formula is C20H24N6O. The van der Waals surface area contributed by atoms with Crippen molar-refractivity contribution >= 4 is 17.0 Å². The van der Waals surface area contributed by atoms with Crippen LogP contribution in [0.15, 0.2) is 36.7 Å². The van der Waals surface area contributed by atoms with Crippen LogP contribution in [0.3, 0.4) is 0 Å². The van der Waals surface area contributed by atoms with Crippen LogP contribution in [-0.2, 0) is 11.3 Å². The lowest BCUT2D eigenvalue weighted by atomic mass is 10.2. The van der Waals surface area contributed by atoms with Crippen molar-refractivity contribution in [3.63, 3.8) is 0 Å². The van der Waals surface area contributed by atoms with Crippen molar-refractivity contribution in [2.24, 2.45) is 0 Å². The number of morpholine rings is 1. The van der Waals surface area contributed by atoms with E-state index >= 15 is 0 Å². The Morgan fingerprint density at radius 2 is 1.93 bits per heavy atom. The summed E-state index contributed by atoms with van der Waals surface area (Å²) in [7, 11) is 0. The normalized spacial score (nSPS) is 17.9. The lowest BCUT2D eigenvalue weighted by Crippen LogP contribution is -2.44. The monoisotopic (exact) mass is 364 g/mol. The number of nitrogens with zero attached hydrogens (tertiary/aromatic N) is 5. The SMILES string of the molecule is Cc1nc2ncnc(NC[C@@H]3CN(Cc4ccccc4)CCO3)c2nc1C. The molecule has 7 nitrogen and oxygen atoms in total. The highest BCUT2D eigenvalue weighted by molar-refractivity contribution is 5.82. The van der Waals surface area contributed by atoms with Gasteiger partial charge in [0.15, 0.2) is 17.0 Å². The van der Waals surface area contributed by atoms with Crippen molar-refractivity contribution in [2.45, 2.75) is 26.5 Å². The maximum atomic E-state index is 5.94. The van der Waals surface area contributed by atoms with Crippen LogP contribution in [-0.4, -0.2) is 57.2 Å². The average Bonchev–Trinajstić information content (AvgIpc) is 2.68. The van der Waals surface area contributed by atoms with E-state index in [0.717, 1.165) is 37.6 Å². The smallest absolute Gasteiger partial charge is 0.183 e. The molecule has 0 saturated carbocycles. The number of nitrogens with one attached hydrogen (secondary N) is 1. The number of aryl methyl sites for hydroxylation is 2. The highest BCUT2D eigenvalue weighted by Crippen LogP contribution is 2.18. The molecule has 1 N–H and O–H groups in total. The van der Waals surface area contributed by atoms with Crippen molar-refractivity contribution < 1.29 is 4.74 Å². The molecule has 1 fully saturated rings. The third kappa shape index (κ3) is 4.20. The van der Waals surface area contributed by atoms with Gasteiger partial charge in [-0.2, -0.15) is 0 Å². The zero-order valence-corrected chi connectivity index (χ0v) is 15.7. The van der Waals surface area contributed by atoms with Gasteiger partial charge in [-0.15, -0.1) is 0 Å². The van der Waals surface area contributed by atoms with E-state index in [1.54, 1.807) is 0 Å². The Morgan fingerprint density at radius 3 is 2.78 bits per heavy atom. The minimum atomic E-state index is 0.104. The number of aromatic nitrogens is 4. The van der Waals surface area contributed by atoms with Crippen molar-refractivity contribution in [3.05, 3.63) is 53.6 Å². The number of fused-ring (bicyclic) bond motifs is 1. The number of ether oxygens (including phenoxy) is 1. The number of hydrogen-bond donors (Lipinski definition) is 1. The van der Waals surface area contributed by atoms with Crippen LogP contribution in [0.1, 0.15) is 17.0 Å². The van der Waals surface area contributed by atoms with E-state index in [-0.39, 0.29) is 6.10 Å². The zero-order valence-electron chi connectivity index (χ0n) is 15.7. The summed E-state index contributed by atoms with van der Waals surface area (Å²) in [6, 6.07) is 10.5. The van der Waals surface area contributed by atoms with E-state index in [2.05, 4.69) is 54.4 Å². The first-order valence-electron chi connectivity index (χ1n) is 9.27. The van der Waals surface area contributed by atoms with Gasteiger partial charge < -0.3 is 10.1 Å². The predicted molar refractivity (Wildman–Crippen MR) is 105 cm³/mol. The molecule has 2 aromatic heterocycles.